The maximum atomic E-state index is 6.08. The van der Waals surface area contributed by atoms with Crippen molar-refractivity contribution in [2.24, 2.45) is 0 Å². The Labute approximate surface area is 125 Å². The molecule has 110 valence electrons. The third kappa shape index (κ3) is 3.30. The van der Waals surface area contributed by atoms with E-state index < -0.39 is 0 Å². The predicted molar refractivity (Wildman–Crippen MR) is 84.4 cm³/mol. The van der Waals surface area contributed by atoms with Gasteiger partial charge in [-0.25, -0.2) is 0 Å². The topological polar surface area (TPSA) is 30.5 Å². The van der Waals surface area contributed by atoms with Gasteiger partial charge in [-0.1, -0.05) is 12.1 Å². The molecule has 4 heteroatoms. The molecule has 0 aliphatic carbocycles. The Morgan fingerprint density at radius 2 is 2.45 bits per heavy atom. The van der Waals surface area contributed by atoms with Crippen LogP contribution >= 0.6 is 11.8 Å². The summed E-state index contributed by atoms with van der Waals surface area (Å²) in [6.45, 7) is 1.56. The monoisotopic (exact) mass is 293 g/mol. The molecular weight excluding hydrogens is 270 g/mol. The first-order chi connectivity index (χ1) is 9.80. The number of benzene rings is 1. The number of nitrogens with one attached hydrogen (secondary N) is 1. The predicted octanol–water partition coefficient (Wildman–Crippen LogP) is 3.30. The van der Waals surface area contributed by atoms with Gasteiger partial charge in [-0.2, -0.15) is 11.8 Å². The quantitative estimate of drug-likeness (QED) is 0.922. The van der Waals surface area contributed by atoms with Gasteiger partial charge in [0.05, 0.1) is 12.2 Å². The third-order valence-electron chi connectivity index (χ3n) is 4.17. The van der Waals surface area contributed by atoms with Gasteiger partial charge in [-0.3, -0.25) is 0 Å². The highest BCUT2D eigenvalue weighted by atomic mass is 32.2. The van der Waals surface area contributed by atoms with Crippen molar-refractivity contribution in [3.63, 3.8) is 0 Å². The summed E-state index contributed by atoms with van der Waals surface area (Å²) in [5, 5.41) is 3.69. The fourth-order valence-electron chi connectivity index (χ4n) is 3.17. The zero-order valence-corrected chi connectivity index (χ0v) is 12.9. The van der Waals surface area contributed by atoms with E-state index in [0.717, 1.165) is 25.2 Å². The first kappa shape index (κ1) is 14.2. The lowest BCUT2D eigenvalue weighted by atomic mass is 9.89. The molecule has 2 unspecified atom stereocenters. The summed E-state index contributed by atoms with van der Waals surface area (Å²) in [5.74, 6) is 2.41. The van der Waals surface area contributed by atoms with Gasteiger partial charge in [0, 0.05) is 31.2 Å². The largest absolute Gasteiger partial charge is 0.382 e. The SMILES string of the molecule is COCc1cccc(NC2CCOC3(CCSC3)C2)c1. The Balaban J connectivity index is 1.63. The molecule has 0 bridgehead atoms. The summed E-state index contributed by atoms with van der Waals surface area (Å²) in [5.41, 5.74) is 2.56. The second kappa shape index (κ2) is 6.37. The van der Waals surface area contributed by atoms with E-state index >= 15 is 0 Å². The van der Waals surface area contributed by atoms with Crippen LogP contribution in [0.4, 0.5) is 5.69 Å². The molecule has 0 radical (unpaired) electrons. The van der Waals surface area contributed by atoms with Crippen LogP contribution in [0.3, 0.4) is 0 Å². The van der Waals surface area contributed by atoms with Crippen LogP contribution in [0, 0.1) is 0 Å². The van der Waals surface area contributed by atoms with E-state index in [4.69, 9.17) is 9.47 Å². The molecule has 3 rings (SSSR count). The van der Waals surface area contributed by atoms with E-state index in [0.29, 0.717) is 12.6 Å². The Hall–Kier alpha value is -0.710. The van der Waals surface area contributed by atoms with Gasteiger partial charge in [0.1, 0.15) is 0 Å². The van der Waals surface area contributed by atoms with E-state index in [1.54, 1.807) is 7.11 Å². The van der Waals surface area contributed by atoms with Crippen molar-refractivity contribution in [2.75, 3.05) is 30.5 Å². The summed E-state index contributed by atoms with van der Waals surface area (Å²) in [4.78, 5) is 0. The zero-order valence-electron chi connectivity index (χ0n) is 12.1. The zero-order chi connectivity index (χ0) is 13.8. The van der Waals surface area contributed by atoms with Crippen molar-refractivity contribution >= 4 is 17.4 Å². The highest BCUT2D eigenvalue weighted by molar-refractivity contribution is 7.99. The second-order valence-electron chi connectivity index (χ2n) is 5.80. The number of methoxy groups -OCH3 is 1. The Kier molecular flexibility index (Phi) is 4.54. The van der Waals surface area contributed by atoms with Crippen LogP contribution in [0.15, 0.2) is 24.3 Å². The lowest BCUT2D eigenvalue weighted by Gasteiger charge is -2.38. The van der Waals surface area contributed by atoms with Crippen molar-refractivity contribution < 1.29 is 9.47 Å². The van der Waals surface area contributed by atoms with Gasteiger partial charge in [0.15, 0.2) is 0 Å². The van der Waals surface area contributed by atoms with Gasteiger partial charge in [-0.15, -0.1) is 0 Å². The first-order valence-corrected chi connectivity index (χ1v) is 8.51. The normalized spacial score (nSPS) is 29.8. The number of hydrogen-bond donors (Lipinski definition) is 1. The van der Waals surface area contributed by atoms with E-state index in [2.05, 4.69) is 29.6 Å². The van der Waals surface area contributed by atoms with Crippen molar-refractivity contribution in [1.29, 1.82) is 0 Å². The van der Waals surface area contributed by atoms with Crippen LogP contribution in [0.25, 0.3) is 0 Å². The Morgan fingerprint density at radius 3 is 3.25 bits per heavy atom. The molecule has 2 fully saturated rings. The summed E-state index contributed by atoms with van der Waals surface area (Å²) < 4.78 is 11.3. The number of hydrogen-bond acceptors (Lipinski definition) is 4. The minimum atomic E-state index is 0.144. The molecule has 0 saturated carbocycles. The summed E-state index contributed by atoms with van der Waals surface area (Å²) >= 11 is 2.03. The fraction of sp³-hybridized carbons (Fsp3) is 0.625. The molecule has 2 aliphatic rings. The molecule has 2 aliphatic heterocycles. The number of ether oxygens (including phenoxy) is 2. The van der Waals surface area contributed by atoms with Crippen LogP contribution in [-0.2, 0) is 16.1 Å². The van der Waals surface area contributed by atoms with E-state index in [1.165, 1.54) is 23.4 Å². The van der Waals surface area contributed by atoms with Crippen molar-refractivity contribution in [3.05, 3.63) is 29.8 Å². The third-order valence-corrected chi connectivity index (χ3v) is 5.39. The minimum absolute atomic E-state index is 0.144. The van der Waals surface area contributed by atoms with Gasteiger partial charge in [-0.05, 0) is 42.7 Å². The van der Waals surface area contributed by atoms with Crippen molar-refractivity contribution in [1.82, 2.24) is 0 Å². The molecule has 1 aromatic rings. The average molecular weight is 293 g/mol. The summed E-state index contributed by atoms with van der Waals surface area (Å²) in [6, 6.07) is 9.06. The fourth-order valence-corrected chi connectivity index (χ4v) is 4.55. The Bertz CT molecular complexity index is 446. The van der Waals surface area contributed by atoms with Crippen molar-refractivity contribution in [3.8, 4) is 0 Å². The smallest absolute Gasteiger partial charge is 0.0799 e. The second-order valence-corrected chi connectivity index (χ2v) is 6.91. The van der Waals surface area contributed by atoms with Gasteiger partial charge < -0.3 is 14.8 Å². The van der Waals surface area contributed by atoms with E-state index in [1.807, 2.05) is 11.8 Å². The molecule has 2 heterocycles. The van der Waals surface area contributed by atoms with Gasteiger partial charge in [0.25, 0.3) is 0 Å². The minimum Gasteiger partial charge on any atom is -0.382 e. The molecule has 0 amide bonds. The van der Waals surface area contributed by atoms with Crippen LogP contribution in [0.1, 0.15) is 24.8 Å². The van der Waals surface area contributed by atoms with Crippen molar-refractivity contribution in [2.45, 2.75) is 37.5 Å². The molecule has 1 N–H and O–H groups in total. The lowest BCUT2D eigenvalue weighted by molar-refractivity contribution is -0.0628. The molecule has 3 nitrogen and oxygen atoms in total. The van der Waals surface area contributed by atoms with Gasteiger partial charge >= 0.3 is 0 Å². The molecular formula is C16H23NO2S. The standard InChI is InChI=1S/C16H23NO2S/c1-18-11-13-3-2-4-14(9-13)17-15-5-7-19-16(10-15)6-8-20-12-16/h2-4,9,15,17H,5-8,10-12H2,1H3. The molecule has 2 saturated heterocycles. The maximum absolute atomic E-state index is 6.08. The summed E-state index contributed by atoms with van der Waals surface area (Å²) in [7, 11) is 1.74. The number of rotatable bonds is 4. The first-order valence-electron chi connectivity index (χ1n) is 7.36. The average Bonchev–Trinajstić information content (AvgIpc) is 2.87. The number of thioether (sulfide) groups is 1. The molecule has 0 aromatic heterocycles. The maximum Gasteiger partial charge on any atom is 0.0799 e. The van der Waals surface area contributed by atoms with Gasteiger partial charge in [0.2, 0.25) is 0 Å². The molecule has 1 aromatic carbocycles. The molecule has 20 heavy (non-hydrogen) atoms. The highest BCUT2D eigenvalue weighted by Gasteiger charge is 2.40. The van der Waals surface area contributed by atoms with E-state index in [-0.39, 0.29) is 5.60 Å². The Morgan fingerprint density at radius 1 is 1.50 bits per heavy atom. The van der Waals surface area contributed by atoms with E-state index in [9.17, 15) is 0 Å². The van der Waals surface area contributed by atoms with Crippen LogP contribution in [0.5, 0.6) is 0 Å². The van der Waals surface area contributed by atoms with Crippen LogP contribution in [-0.4, -0.2) is 36.9 Å². The molecule has 1 spiro atoms. The summed E-state index contributed by atoms with van der Waals surface area (Å²) in [6.07, 6.45) is 3.44. The lowest BCUT2D eigenvalue weighted by Crippen LogP contribution is -2.44. The highest BCUT2D eigenvalue weighted by Crippen LogP contribution is 2.38. The number of anilines is 1. The van der Waals surface area contributed by atoms with Crippen LogP contribution < -0.4 is 5.32 Å². The molecule has 2 atom stereocenters. The van der Waals surface area contributed by atoms with Crippen LogP contribution in [0.2, 0.25) is 0 Å².